The standard InChI is InChI=1S/C25H28N6O3/c1-4-34-22-11-17-18(12-21(22)33-3)23(29-20-9-10-31(2)13-19(17)20)15-5-7-16(8-6-15)24(32)30-25(27)28-14-26/h5-8,11-12,19-20H,4,9-10,13H2,1-3H3,(H3,27,28,30,32)/t19-,20-/m1/s1. The van der Waals surface area contributed by atoms with Crippen LogP contribution in [-0.2, 0) is 0 Å². The molecule has 2 atom stereocenters. The van der Waals surface area contributed by atoms with Gasteiger partial charge >= 0.3 is 0 Å². The van der Waals surface area contributed by atoms with Crippen molar-refractivity contribution in [3.05, 3.63) is 58.7 Å². The number of likely N-dealkylation sites (tertiary alicyclic amines) is 1. The first-order valence-corrected chi connectivity index (χ1v) is 11.2. The third-order valence-electron chi connectivity index (χ3n) is 6.20. The molecule has 0 bridgehead atoms. The van der Waals surface area contributed by atoms with Gasteiger partial charge in [0.2, 0.25) is 5.96 Å². The number of rotatable bonds is 5. The fraction of sp³-hybridized carbons (Fsp3) is 0.360. The van der Waals surface area contributed by atoms with Crippen LogP contribution in [0.15, 0.2) is 41.4 Å². The van der Waals surface area contributed by atoms with Gasteiger partial charge in [-0.2, -0.15) is 5.26 Å². The van der Waals surface area contributed by atoms with E-state index in [9.17, 15) is 4.79 Å². The molecule has 2 aliphatic rings. The average Bonchev–Trinajstić information content (AvgIpc) is 2.83. The SMILES string of the molecule is CCOc1cc2c(cc1OC)C(c1ccc(C(=O)NC(=N)NC#N)cc1)=N[C@@H]1CCN(C)C[C@H]21. The fourth-order valence-electron chi connectivity index (χ4n) is 4.60. The van der Waals surface area contributed by atoms with Gasteiger partial charge in [0.15, 0.2) is 17.7 Å². The Hall–Kier alpha value is -3.90. The average molecular weight is 461 g/mol. The molecule has 2 heterocycles. The van der Waals surface area contributed by atoms with E-state index < -0.39 is 5.91 Å². The molecule has 0 spiro atoms. The van der Waals surface area contributed by atoms with Crippen molar-refractivity contribution < 1.29 is 14.3 Å². The molecular weight excluding hydrogens is 432 g/mol. The van der Waals surface area contributed by atoms with Crippen molar-refractivity contribution >= 4 is 17.6 Å². The maximum Gasteiger partial charge on any atom is 0.257 e. The molecule has 1 amide bonds. The molecule has 0 aromatic heterocycles. The van der Waals surface area contributed by atoms with Gasteiger partial charge in [0.1, 0.15) is 0 Å². The number of hydrogen-bond donors (Lipinski definition) is 3. The first kappa shape index (κ1) is 23.3. The highest BCUT2D eigenvalue weighted by atomic mass is 16.5. The Morgan fingerprint density at radius 2 is 2.06 bits per heavy atom. The summed E-state index contributed by atoms with van der Waals surface area (Å²) in [6.45, 7) is 4.42. The first-order chi connectivity index (χ1) is 16.4. The van der Waals surface area contributed by atoms with Crippen molar-refractivity contribution in [3.63, 3.8) is 0 Å². The van der Waals surface area contributed by atoms with Gasteiger partial charge in [-0.3, -0.25) is 25.8 Å². The molecule has 1 saturated heterocycles. The zero-order chi connectivity index (χ0) is 24.2. The maximum absolute atomic E-state index is 12.4. The molecule has 34 heavy (non-hydrogen) atoms. The number of piperidine rings is 1. The minimum absolute atomic E-state index is 0.169. The van der Waals surface area contributed by atoms with E-state index in [1.165, 1.54) is 5.56 Å². The van der Waals surface area contributed by atoms with Crippen molar-refractivity contribution in [1.82, 2.24) is 15.5 Å². The summed E-state index contributed by atoms with van der Waals surface area (Å²) in [6.07, 6.45) is 2.57. The third kappa shape index (κ3) is 4.58. The third-order valence-corrected chi connectivity index (χ3v) is 6.20. The molecule has 0 radical (unpaired) electrons. The highest BCUT2D eigenvalue weighted by molar-refractivity contribution is 6.15. The van der Waals surface area contributed by atoms with E-state index in [1.807, 2.05) is 25.1 Å². The minimum Gasteiger partial charge on any atom is -0.493 e. The second kappa shape index (κ2) is 9.93. The number of carbonyl (C=O) groups is 1. The number of hydrogen-bond acceptors (Lipinski definition) is 7. The number of likely N-dealkylation sites (N-methyl/N-ethyl adjacent to an activating group) is 1. The second-order valence-electron chi connectivity index (χ2n) is 8.37. The van der Waals surface area contributed by atoms with E-state index in [4.69, 9.17) is 25.1 Å². The van der Waals surface area contributed by atoms with Gasteiger partial charge in [-0.05, 0) is 56.8 Å². The van der Waals surface area contributed by atoms with Crippen LogP contribution in [0, 0.1) is 16.9 Å². The molecule has 2 aromatic carbocycles. The van der Waals surface area contributed by atoms with Gasteiger partial charge in [-0.1, -0.05) is 12.1 Å². The Morgan fingerprint density at radius 1 is 1.29 bits per heavy atom. The lowest BCUT2D eigenvalue weighted by molar-refractivity contribution is 0.0976. The zero-order valence-electron chi connectivity index (χ0n) is 19.5. The number of benzene rings is 2. The molecule has 2 aliphatic heterocycles. The molecular formula is C25H28N6O3. The molecule has 3 N–H and O–H groups in total. The Labute approximate surface area is 198 Å². The summed E-state index contributed by atoms with van der Waals surface area (Å²) >= 11 is 0. The monoisotopic (exact) mass is 460 g/mol. The molecule has 0 aliphatic carbocycles. The lowest BCUT2D eigenvalue weighted by Gasteiger charge is -2.39. The van der Waals surface area contributed by atoms with Crippen LogP contribution >= 0.6 is 0 Å². The predicted molar refractivity (Wildman–Crippen MR) is 129 cm³/mol. The number of amides is 1. The minimum atomic E-state index is -0.469. The number of ether oxygens (including phenoxy) is 2. The van der Waals surface area contributed by atoms with Gasteiger partial charge in [0.05, 0.1) is 25.5 Å². The van der Waals surface area contributed by atoms with Crippen LogP contribution in [0.1, 0.15) is 46.3 Å². The van der Waals surface area contributed by atoms with Crippen molar-refractivity contribution in [2.45, 2.75) is 25.3 Å². The Morgan fingerprint density at radius 3 is 2.74 bits per heavy atom. The van der Waals surface area contributed by atoms with Crippen LogP contribution < -0.4 is 20.1 Å². The highest BCUT2D eigenvalue weighted by Gasteiger charge is 2.36. The fourth-order valence-corrected chi connectivity index (χ4v) is 4.60. The van der Waals surface area contributed by atoms with Crippen LogP contribution in [0.3, 0.4) is 0 Å². The van der Waals surface area contributed by atoms with Crippen LogP contribution in [0.25, 0.3) is 0 Å². The normalized spacial score (nSPS) is 19.1. The Bertz CT molecular complexity index is 1170. The quantitative estimate of drug-likeness (QED) is 0.273. The molecule has 0 saturated carbocycles. The molecule has 2 aromatic rings. The summed E-state index contributed by atoms with van der Waals surface area (Å²) in [6, 6.07) is 11.4. The molecule has 9 nitrogen and oxygen atoms in total. The highest BCUT2D eigenvalue weighted by Crippen LogP contribution is 2.42. The number of carbonyl (C=O) groups excluding carboxylic acids is 1. The van der Waals surface area contributed by atoms with Crippen molar-refractivity contribution in [2.75, 3.05) is 33.9 Å². The number of fused-ring (bicyclic) bond motifs is 3. The van der Waals surface area contributed by atoms with Gasteiger partial charge in [-0.25, -0.2) is 0 Å². The number of nitrogens with one attached hydrogen (secondary N) is 3. The van der Waals surface area contributed by atoms with Crippen LogP contribution in [0.4, 0.5) is 0 Å². The second-order valence-corrected chi connectivity index (χ2v) is 8.37. The summed E-state index contributed by atoms with van der Waals surface area (Å²) in [7, 11) is 3.77. The van der Waals surface area contributed by atoms with Crippen LogP contribution in [0.2, 0.25) is 0 Å². The van der Waals surface area contributed by atoms with Crippen LogP contribution in [0.5, 0.6) is 11.5 Å². The number of aliphatic imine (C=N–C) groups is 1. The van der Waals surface area contributed by atoms with Gasteiger partial charge in [-0.15, -0.1) is 0 Å². The summed E-state index contributed by atoms with van der Waals surface area (Å²) in [5.74, 6) is 0.829. The van der Waals surface area contributed by atoms with Crippen molar-refractivity contribution in [3.8, 4) is 17.7 Å². The van der Waals surface area contributed by atoms with E-state index >= 15 is 0 Å². The zero-order valence-corrected chi connectivity index (χ0v) is 19.5. The van der Waals surface area contributed by atoms with Gasteiger partial charge in [0, 0.05) is 29.2 Å². The Kier molecular flexibility index (Phi) is 6.80. The largest absolute Gasteiger partial charge is 0.493 e. The molecule has 9 heteroatoms. The lowest BCUT2D eigenvalue weighted by atomic mass is 9.79. The Balaban J connectivity index is 1.72. The molecule has 0 unspecified atom stereocenters. The lowest BCUT2D eigenvalue weighted by Crippen LogP contribution is -2.41. The predicted octanol–water partition coefficient (Wildman–Crippen LogP) is 2.47. The number of methoxy groups -OCH3 is 1. The molecule has 1 fully saturated rings. The van der Waals surface area contributed by atoms with Crippen molar-refractivity contribution in [2.24, 2.45) is 4.99 Å². The van der Waals surface area contributed by atoms with E-state index in [0.29, 0.717) is 17.9 Å². The summed E-state index contributed by atoms with van der Waals surface area (Å²) in [4.78, 5) is 19.8. The van der Waals surface area contributed by atoms with E-state index in [2.05, 4.69) is 28.6 Å². The maximum atomic E-state index is 12.4. The first-order valence-electron chi connectivity index (χ1n) is 11.2. The van der Waals surface area contributed by atoms with Gasteiger partial charge < -0.3 is 14.4 Å². The van der Waals surface area contributed by atoms with Crippen LogP contribution in [-0.4, -0.2) is 62.4 Å². The van der Waals surface area contributed by atoms with Crippen molar-refractivity contribution in [1.29, 1.82) is 10.7 Å². The van der Waals surface area contributed by atoms with E-state index in [1.54, 1.807) is 25.4 Å². The number of nitrogens with zero attached hydrogens (tertiary/aromatic N) is 3. The summed E-state index contributed by atoms with van der Waals surface area (Å²) in [5, 5.41) is 20.5. The topological polar surface area (TPSA) is 123 Å². The molecule has 176 valence electrons. The van der Waals surface area contributed by atoms with E-state index in [0.717, 1.165) is 42.1 Å². The molecule has 4 rings (SSSR count). The van der Waals surface area contributed by atoms with E-state index in [-0.39, 0.29) is 17.9 Å². The smallest absolute Gasteiger partial charge is 0.257 e. The van der Waals surface area contributed by atoms with Gasteiger partial charge in [0.25, 0.3) is 5.91 Å². The summed E-state index contributed by atoms with van der Waals surface area (Å²) in [5.41, 5.74) is 4.35. The number of nitriles is 1. The number of guanidine groups is 1. The summed E-state index contributed by atoms with van der Waals surface area (Å²) < 4.78 is 11.5.